The lowest BCUT2D eigenvalue weighted by molar-refractivity contribution is -0.111. The lowest BCUT2D eigenvalue weighted by atomic mass is 10.2. The normalized spacial score (nSPS) is 11.0. The summed E-state index contributed by atoms with van der Waals surface area (Å²) in [5.74, 6) is 0.438. The highest BCUT2D eigenvalue weighted by Gasteiger charge is 2.08. The molecule has 0 fully saturated rings. The summed E-state index contributed by atoms with van der Waals surface area (Å²) in [6, 6.07) is 5.65. The van der Waals surface area contributed by atoms with Gasteiger partial charge >= 0.3 is 0 Å². The van der Waals surface area contributed by atoms with Crippen molar-refractivity contribution >= 4 is 17.7 Å². The minimum atomic E-state index is -0.202. The molecular weight excluding hydrogens is 278 g/mol. The molecule has 22 heavy (non-hydrogen) atoms. The van der Waals surface area contributed by atoms with Gasteiger partial charge in [-0.25, -0.2) is 0 Å². The molecule has 0 atom stereocenters. The molecule has 1 heterocycles. The third-order valence-electron chi connectivity index (χ3n) is 3.58. The van der Waals surface area contributed by atoms with Gasteiger partial charge < -0.3 is 10.1 Å². The van der Waals surface area contributed by atoms with E-state index < -0.39 is 0 Å². The standard InChI is InChI=1S/C17H21N3O2/c1-11-6-8-16(22-5)15(10-11)18-17(21)9-7-14-12(2)19-20(4)13(14)3/h6-10H,1-5H3,(H,18,21). The summed E-state index contributed by atoms with van der Waals surface area (Å²) in [5, 5.41) is 7.17. The highest BCUT2D eigenvalue weighted by Crippen LogP contribution is 2.25. The highest BCUT2D eigenvalue weighted by atomic mass is 16.5. The summed E-state index contributed by atoms with van der Waals surface area (Å²) < 4.78 is 7.06. The molecule has 0 saturated carbocycles. The molecule has 2 rings (SSSR count). The van der Waals surface area contributed by atoms with E-state index in [1.165, 1.54) is 6.08 Å². The van der Waals surface area contributed by atoms with Gasteiger partial charge in [0, 0.05) is 24.4 Å². The number of benzene rings is 1. The topological polar surface area (TPSA) is 56.1 Å². The number of nitrogens with zero attached hydrogens (tertiary/aromatic N) is 2. The van der Waals surface area contributed by atoms with Crippen LogP contribution in [0.2, 0.25) is 0 Å². The fourth-order valence-corrected chi connectivity index (χ4v) is 2.28. The lowest BCUT2D eigenvalue weighted by Crippen LogP contribution is -2.09. The summed E-state index contributed by atoms with van der Waals surface area (Å²) in [4.78, 5) is 12.1. The quantitative estimate of drug-likeness (QED) is 0.883. The molecule has 1 amide bonds. The number of carbonyl (C=O) groups excluding carboxylic acids is 1. The van der Waals surface area contributed by atoms with E-state index in [-0.39, 0.29) is 5.91 Å². The van der Waals surface area contributed by atoms with E-state index in [4.69, 9.17) is 4.74 Å². The summed E-state index contributed by atoms with van der Waals surface area (Å²) in [5.41, 5.74) is 4.61. The number of carbonyl (C=O) groups is 1. The van der Waals surface area contributed by atoms with E-state index in [0.29, 0.717) is 11.4 Å². The Balaban J connectivity index is 2.17. The van der Waals surface area contributed by atoms with Crippen LogP contribution >= 0.6 is 0 Å². The molecule has 0 aliphatic rings. The summed E-state index contributed by atoms with van der Waals surface area (Å²) in [7, 11) is 3.47. The first-order valence-electron chi connectivity index (χ1n) is 7.06. The average molecular weight is 299 g/mol. The number of anilines is 1. The maximum absolute atomic E-state index is 12.1. The van der Waals surface area contributed by atoms with Crippen molar-refractivity contribution in [2.24, 2.45) is 7.05 Å². The Morgan fingerprint density at radius 1 is 1.32 bits per heavy atom. The van der Waals surface area contributed by atoms with Crippen LogP contribution in [0.5, 0.6) is 5.75 Å². The molecule has 0 aliphatic heterocycles. The van der Waals surface area contributed by atoms with Gasteiger partial charge in [-0.05, 0) is 44.5 Å². The highest BCUT2D eigenvalue weighted by molar-refractivity contribution is 6.03. The van der Waals surface area contributed by atoms with E-state index in [1.807, 2.05) is 46.0 Å². The zero-order chi connectivity index (χ0) is 16.3. The minimum absolute atomic E-state index is 0.202. The molecular formula is C17H21N3O2. The Bertz CT molecular complexity index is 730. The molecule has 1 aromatic carbocycles. The number of hydrogen-bond acceptors (Lipinski definition) is 3. The summed E-state index contributed by atoms with van der Waals surface area (Å²) >= 11 is 0. The number of nitrogens with one attached hydrogen (secondary N) is 1. The average Bonchev–Trinajstić information content (AvgIpc) is 2.70. The van der Waals surface area contributed by atoms with Crippen molar-refractivity contribution in [3.63, 3.8) is 0 Å². The molecule has 0 saturated heterocycles. The van der Waals surface area contributed by atoms with E-state index in [2.05, 4.69) is 10.4 Å². The first kappa shape index (κ1) is 15.8. The van der Waals surface area contributed by atoms with E-state index in [0.717, 1.165) is 22.5 Å². The van der Waals surface area contributed by atoms with Crippen LogP contribution in [0.15, 0.2) is 24.3 Å². The van der Waals surface area contributed by atoms with E-state index >= 15 is 0 Å². The van der Waals surface area contributed by atoms with Crippen LogP contribution in [0.1, 0.15) is 22.5 Å². The van der Waals surface area contributed by atoms with Crippen LogP contribution in [-0.4, -0.2) is 22.8 Å². The van der Waals surface area contributed by atoms with Gasteiger partial charge in [0.25, 0.3) is 0 Å². The molecule has 0 radical (unpaired) electrons. The largest absolute Gasteiger partial charge is 0.495 e. The van der Waals surface area contributed by atoms with Crippen molar-refractivity contribution in [2.75, 3.05) is 12.4 Å². The fraction of sp³-hybridized carbons (Fsp3) is 0.294. The number of amides is 1. The molecule has 0 aliphatic carbocycles. The van der Waals surface area contributed by atoms with Crippen molar-refractivity contribution in [1.82, 2.24) is 9.78 Å². The van der Waals surface area contributed by atoms with E-state index in [9.17, 15) is 4.79 Å². The van der Waals surface area contributed by atoms with Gasteiger partial charge in [0.15, 0.2) is 0 Å². The predicted molar refractivity (Wildman–Crippen MR) is 88.1 cm³/mol. The molecule has 1 aromatic heterocycles. The molecule has 1 N–H and O–H groups in total. The second kappa shape index (κ2) is 6.47. The molecule has 5 nitrogen and oxygen atoms in total. The molecule has 0 spiro atoms. The van der Waals surface area contributed by atoms with Crippen LogP contribution in [0.25, 0.3) is 6.08 Å². The molecule has 5 heteroatoms. The van der Waals surface area contributed by atoms with Crippen molar-refractivity contribution in [3.8, 4) is 5.75 Å². The first-order valence-corrected chi connectivity index (χ1v) is 7.06. The number of aryl methyl sites for hydroxylation is 3. The van der Waals surface area contributed by atoms with Gasteiger partial charge in [0.05, 0.1) is 18.5 Å². The summed E-state index contributed by atoms with van der Waals surface area (Å²) in [6.45, 7) is 5.86. The number of ether oxygens (including phenoxy) is 1. The molecule has 0 unspecified atom stereocenters. The summed E-state index contributed by atoms with van der Waals surface area (Å²) in [6.07, 6.45) is 3.30. The van der Waals surface area contributed by atoms with Crippen molar-refractivity contribution in [3.05, 3.63) is 46.8 Å². The van der Waals surface area contributed by atoms with Crippen LogP contribution in [-0.2, 0) is 11.8 Å². The van der Waals surface area contributed by atoms with Gasteiger partial charge in [-0.2, -0.15) is 5.10 Å². The molecule has 2 aromatic rings. The lowest BCUT2D eigenvalue weighted by Gasteiger charge is -2.09. The minimum Gasteiger partial charge on any atom is -0.495 e. The predicted octanol–water partition coefficient (Wildman–Crippen LogP) is 3.01. The molecule has 116 valence electrons. The third kappa shape index (κ3) is 3.36. The van der Waals surface area contributed by atoms with Gasteiger partial charge in [-0.1, -0.05) is 6.07 Å². The van der Waals surface area contributed by atoms with Crippen LogP contribution < -0.4 is 10.1 Å². The Kier molecular flexibility index (Phi) is 4.65. The Morgan fingerprint density at radius 2 is 2.05 bits per heavy atom. The third-order valence-corrected chi connectivity index (χ3v) is 3.58. The maximum Gasteiger partial charge on any atom is 0.248 e. The first-order chi connectivity index (χ1) is 10.4. The number of rotatable bonds is 4. The maximum atomic E-state index is 12.1. The van der Waals surface area contributed by atoms with Crippen LogP contribution in [0, 0.1) is 20.8 Å². The second-order valence-corrected chi connectivity index (χ2v) is 5.23. The molecule has 0 bridgehead atoms. The van der Waals surface area contributed by atoms with Gasteiger partial charge in [0.1, 0.15) is 5.75 Å². The Morgan fingerprint density at radius 3 is 2.64 bits per heavy atom. The van der Waals surface area contributed by atoms with E-state index in [1.54, 1.807) is 17.9 Å². The fourth-order valence-electron chi connectivity index (χ4n) is 2.28. The van der Waals surface area contributed by atoms with Crippen molar-refractivity contribution < 1.29 is 9.53 Å². The zero-order valence-corrected chi connectivity index (χ0v) is 13.6. The Hall–Kier alpha value is -2.56. The number of methoxy groups -OCH3 is 1. The van der Waals surface area contributed by atoms with Gasteiger partial charge in [-0.15, -0.1) is 0 Å². The van der Waals surface area contributed by atoms with Crippen LogP contribution in [0.4, 0.5) is 5.69 Å². The SMILES string of the molecule is COc1ccc(C)cc1NC(=O)C=Cc1c(C)nn(C)c1C. The second-order valence-electron chi connectivity index (χ2n) is 5.23. The van der Waals surface area contributed by atoms with Gasteiger partial charge in [0.2, 0.25) is 5.91 Å². The number of hydrogen-bond donors (Lipinski definition) is 1. The number of aromatic nitrogens is 2. The van der Waals surface area contributed by atoms with Crippen molar-refractivity contribution in [2.45, 2.75) is 20.8 Å². The Labute approximate surface area is 130 Å². The van der Waals surface area contributed by atoms with Crippen LogP contribution in [0.3, 0.4) is 0 Å². The smallest absolute Gasteiger partial charge is 0.248 e. The van der Waals surface area contributed by atoms with Gasteiger partial charge in [-0.3, -0.25) is 9.48 Å². The monoisotopic (exact) mass is 299 g/mol. The zero-order valence-electron chi connectivity index (χ0n) is 13.6. The van der Waals surface area contributed by atoms with Crippen molar-refractivity contribution in [1.29, 1.82) is 0 Å².